The van der Waals surface area contributed by atoms with E-state index < -0.39 is 30.6 Å². The largest absolute Gasteiger partial charge is 0.454 e. The molecule has 1 rings (SSSR count). The Kier molecular flexibility index (Phi) is 9.35. The van der Waals surface area contributed by atoms with Gasteiger partial charge in [-0.05, 0) is 36.1 Å². The molecule has 0 saturated carbocycles. The number of hydrogen-bond acceptors (Lipinski definition) is 6. The topological polar surface area (TPSA) is 114 Å². The minimum Gasteiger partial charge on any atom is -0.454 e. The molecule has 8 nitrogen and oxygen atoms in total. The van der Waals surface area contributed by atoms with Crippen LogP contribution in [0.5, 0.6) is 0 Å². The normalized spacial score (nSPS) is 11.3. The molecule has 0 unspecified atom stereocenters. The van der Waals surface area contributed by atoms with Gasteiger partial charge in [0.05, 0.1) is 0 Å². The van der Waals surface area contributed by atoms with E-state index in [1.807, 2.05) is 49.5 Å². The molecule has 26 heavy (non-hydrogen) atoms. The first-order valence-corrected chi connectivity index (χ1v) is 9.47. The summed E-state index contributed by atoms with van der Waals surface area (Å²) in [6.45, 7) is -0.0790. The number of ether oxygens (including phenoxy) is 1. The summed E-state index contributed by atoms with van der Waals surface area (Å²) in [7, 11) is 3.90. The summed E-state index contributed by atoms with van der Waals surface area (Å²) in [6.07, 6.45) is 2.26. The fourth-order valence-corrected chi connectivity index (χ4v) is 2.53. The highest BCUT2D eigenvalue weighted by atomic mass is 32.2. The van der Waals surface area contributed by atoms with Crippen molar-refractivity contribution in [2.24, 2.45) is 5.73 Å². The molecule has 0 aromatic heterocycles. The lowest BCUT2D eigenvalue weighted by atomic mass is 10.2. The molecule has 9 heteroatoms. The molecule has 1 aromatic carbocycles. The number of nitrogens with zero attached hydrogens (tertiary/aromatic N) is 1. The number of carbonyl (C=O) groups is 3. The average molecular weight is 382 g/mol. The van der Waals surface area contributed by atoms with Crippen molar-refractivity contribution in [1.82, 2.24) is 10.6 Å². The smallest absolute Gasteiger partial charge is 0.329 e. The minimum absolute atomic E-state index is 0.333. The number of carbonyl (C=O) groups excluding carboxylic acids is 3. The van der Waals surface area contributed by atoms with Gasteiger partial charge in [-0.25, -0.2) is 9.59 Å². The van der Waals surface area contributed by atoms with Crippen LogP contribution in [0.3, 0.4) is 0 Å². The number of esters is 1. The molecule has 0 aliphatic heterocycles. The second kappa shape index (κ2) is 11.2. The third-order valence-electron chi connectivity index (χ3n) is 3.50. The van der Waals surface area contributed by atoms with Gasteiger partial charge in [-0.3, -0.25) is 4.79 Å². The zero-order chi connectivity index (χ0) is 19.5. The van der Waals surface area contributed by atoms with E-state index in [-0.39, 0.29) is 0 Å². The third-order valence-corrected chi connectivity index (χ3v) is 4.14. The highest BCUT2D eigenvalue weighted by molar-refractivity contribution is 7.98. The van der Waals surface area contributed by atoms with Crippen molar-refractivity contribution in [3.63, 3.8) is 0 Å². The molecule has 0 aliphatic carbocycles. The van der Waals surface area contributed by atoms with Gasteiger partial charge in [-0.15, -0.1) is 0 Å². The summed E-state index contributed by atoms with van der Waals surface area (Å²) in [6, 6.07) is 6.07. The molecule has 0 spiro atoms. The number of urea groups is 1. The monoisotopic (exact) mass is 382 g/mol. The summed E-state index contributed by atoms with van der Waals surface area (Å²) in [5, 5.41) is 5.01. The number of rotatable bonds is 10. The van der Waals surface area contributed by atoms with Crippen LogP contribution in [-0.4, -0.2) is 56.7 Å². The van der Waals surface area contributed by atoms with E-state index in [0.717, 1.165) is 11.3 Å². The Hall–Kier alpha value is -2.42. The number of anilines is 1. The lowest BCUT2D eigenvalue weighted by molar-refractivity contribution is -0.150. The van der Waals surface area contributed by atoms with Crippen LogP contribution in [0.15, 0.2) is 24.3 Å². The Balaban J connectivity index is 2.41. The van der Waals surface area contributed by atoms with Crippen LogP contribution in [0.1, 0.15) is 12.0 Å². The van der Waals surface area contributed by atoms with Gasteiger partial charge in [-0.1, -0.05) is 12.1 Å². The number of hydrogen-bond donors (Lipinski definition) is 3. The third kappa shape index (κ3) is 8.11. The van der Waals surface area contributed by atoms with Crippen LogP contribution >= 0.6 is 11.8 Å². The van der Waals surface area contributed by atoms with Gasteiger partial charge < -0.3 is 26.0 Å². The van der Waals surface area contributed by atoms with Gasteiger partial charge in [0.1, 0.15) is 6.04 Å². The Morgan fingerprint density at radius 3 is 2.42 bits per heavy atom. The van der Waals surface area contributed by atoms with Crippen LogP contribution in [0, 0.1) is 0 Å². The molecular formula is C17H26N4O4S. The summed E-state index contributed by atoms with van der Waals surface area (Å²) >= 11 is 1.53. The Morgan fingerprint density at radius 2 is 1.88 bits per heavy atom. The summed E-state index contributed by atoms with van der Waals surface area (Å²) in [4.78, 5) is 36.8. The maximum Gasteiger partial charge on any atom is 0.329 e. The summed E-state index contributed by atoms with van der Waals surface area (Å²) in [5.41, 5.74) is 7.05. The lowest BCUT2D eigenvalue weighted by Crippen LogP contribution is -2.45. The number of primary amides is 1. The number of benzene rings is 1. The summed E-state index contributed by atoms with van der Waals surface area (Å²) < 4.78 is 4.97. The zero-order valence-electron chi connectivity index (χ0n) is 15.3. The van der Waals surface area contributed by atoms with Gasteiger partial charge in [0.15, 0.2) is 6.61 Å². The quantitative estimate of drug-likeness (QED) is 0.514. The van der Waals surface area contributed by atoms with Crippen LogP contribution in [0.2, 0.25) is 0 Å². The number of nitrogens with one attached hydrogen (secondary N) is 2. The van der Waals surface area contributed by atoms with Crippen molar-refractivity contribution in [3.8, 4) is 0 Å². The van der Waals surface area contributed by atoms with E-state index in [9.17, 15) is 14.4 Å². The number of amides is 3. The van der Waals surface area contributed by atoms with Gasteiger partial charge in [-0.2, -0.15) is 11.8 Å². The fraction of sp³-hybridized carbons (Fsp3) is 0.471. The first kappa shape index (κ1) is 21.6. The first-order chi connectivity index (χ1) is 12.3. The molecule has 1 aromatic rings. The van der Waals surface area contributed by atoms with Crippen molar-refractivity contribution in [2.45, 2.75) is 19.0 Å². The van der Waals surface area contributed by atoms with E-state index in [1.54, 1.807) is 0 Å². The van der Waals surface area contributed by atoms with Gasteiger partial charge in [0.25, 0.3) is 5.91 Å². The van der Waals surface area contributed by atoms with Crippen molar-refractivity contribution >= 4 is 35.4 Å². The van der Waals surface area contributed by atoms with Crippen molar-refractivity contribution < 1.29 is 19.1 Å². The molecule has 1 atom stereocenters. The SMILES string of the molecule is CSCC[C@H](NC(N)=O)C(=O)OCC(=O)NCc1ccc(N(C)C)cc1. The molecule has 4 N–H and O–H groups in total. The molecule has 144 valence electrons. The Labute approximate surface area is 157 Å². The Morgan fingerprint density at radius 1 is 1.23 bits per heavy atom. The van der Waals surface area contributed by atoms with Crippen molar-refractivity contribution in [1.29, 1.82) is 0 Å². The molecule has 0 aliphatic rings. The van der Waals surface area contributed by atoms with Gasteiger partial charge in [0.2, 0.25) is 0 Å². The molecule has 0 fully saturated rings. The molecule has 0 radical (unpaired) electrons. The number of thioether (sulfide) groups is 1. The maximum atomic E-state index is 12.0. The minimum atomic E-state index is -0.855. The number of nitrogens with two attached hydrogens (primary N) is 1. The van der Waals surface area contributed by atoms with Crippen LogP contribution < -0.4 is 21.3 Å². The predicted molar refractivity (Wildman–Crippen MR) is 103 cm³/mol. The van der Waals surface area contributed by atoms with Gasteiger partial charge >= 0.3 is 12.0 Å². The highest BCUT2D eigenvalue weighted by Gasteiger charge is 2.21. The lowest BCUT2D eigenvalue weighted by Gasteiger charge is -2.16. The fourth-order valence-electron chi connectivity index (χ4n) is 2.06. The standard InChI is InChI=1S/C17H26N4O4S/c1-21(2)13-6-4-12(5-7-13)10-19-15(22)11-25-16(23)14(8-9-26-3)20-17(18)24/h4-7,14H,8-11H2,1-3H3,(H,19,22)(H3,18,20,24)/t14-/m0/s1. The van der Waals surface area contributed by atoms with E-state index in [4.69, 9.17) is 10.5 Å². The molecule has 0 heterocycles. The molecular weight excluding hydrogens is 356 g/mol. The predicted octanol–water partition coefficient (Wildman–Crippen LogP) is 0.702. The summed E-state index contributed by atoms with van der Waals surface area (Å²) in [5.74, 6) is -0.448. The Bertz CT molecular complexity index is 607. The van der Waals surface area contributed by atoms with Gasteiger partial charge in [0, 0.05) is 26.3 Å². The zero-order valence-corrected chi connectivity index (χ0v) is 16.1. The van der Waals surface area contributed by atoms with Crippen LogP contribution in [0.25, 0.3) is 0 Å². The average Bonchev–Trinajstić information content (AvgIpc) is 2.61. The van der Waals surface area contributed by atoms with E-state index in [1.165, 1.54) is 11.8 Å². The van der Waals surface area contributed by atoms with E-state index in [2.05, 4.69) is 10.6 Å². The van der Waals surface area contributed by atoms with Crippen LogP contribution in [-0.2, 0) is 20.9 Å². The molecule has 3 amide bonds. The van der Waals surface area contributed by atoms with Crippen molar-refractivity contribution in [2.75, 3.05) is 37.6 Å². The second-order valence-corrected chi connectivity index (χ2v) is 6.77. The molecule has 0 saturated heterocycles. The second-order valence-electron chi connectivity index (χ2n) is 5.79. The first-order valence-electron chi connectivity index (χ1n) is 8.08. The maximum absolute atomic E-state index is 12.0. The van der Waals surface area contributed by atoms with E-state index >= 15 is 0 Å². The van der Waals surface area contributed by atoms with Crippen molar-refractivity contribution in [3.05, 3.63) is 29.8 Å². The highest BCUT2D eigenvalue weighted by Crippen LogP contribution is 2.11. The van der Waals surface area contributed by atoms with E-state index in [0.29, 0.717) is 18.7 Å². The molecule has 0 bridgehead atoms. The van der Waals surface area contributed by atoms with Crippen LogP contribution in [0.4, 0.5) is 10.5 Å².